The van der Waals surface area contributed by atoms with Crippen LogP contribution in [0.15, 0.2) is 42.5 Å². The molecule has 0 bridgehead atoms. The maximum absolute atomic E-state index is 11.0. The van der Waals surface area contributed by atoms with Crippen molar-refractivity contribution in [3.63, 3.8) is 0 Å². The highest BCUT2D eigenvalue weighted by Crippen LogP contribution is 2.32. The minimum atomic E-state index is -0.701. The normalized spacial score (nSPS) is 14.5. The maximum Gasteiger partial charge on any atom is 0.310 e. The van der Waals surface area contributed by atoms with Gasteiger partial charge in [-0.1, -0.05) is 18.2 Å². The van der Waals surface area contributed by atoms with Gasteiger partial charge in [0.05, 0.1) is 5.92 Å². The Balaban J connectivity index is 1.89. The molecule has 1 N–H and O–H groups in total. The number of rotatable bonds is 4. The van der Waals surface area contributed by atoms with E-state index < -0.39 is 5.97 Å². The van der Waals surface area contributed by atoms with Gasteiger partial charge in [-0.15, -0.1) is 0 Å². The second-order valence-corrected chi connectivity index (χ2v) is 6.44. The summed E-state index contributed by atoms with van der Waals surface area (Å²) in [4.78, 5) is 15.2. The lowest BCUT2D eigenvalue weighted by atomic mass is 9.96. The van der Waals surface area contributed by atoms with E-state index in [1.807, 2.05) is 14.1 Å². The highest BCUT2D eigenvalue weighted by atomic mass is 16.4. The average molecular weight is 310 g/mol. The number of carboxylic acid groups (broad SMARTS) is 1. The second kappa shape index (κ2) is 5.95. The summed E-state index contributed by atoms with van der Waals surface area (Å²) in [6.07, 6.45) is 0. The van der Waals surface area contributed by atoms with Crippen LogP contribution in [0.4, 0.5) is 11.4 Å². The molecule has 0 aromatic heterocycles. The van der Waals surface area contributed by atoms with E-state index >= 15 is 0 Å². The Hall–Kier alpha value is -2.49. The third-order valence-electron chi connectivity index (χ3n) is 4.35. The van der Waals surface area contributed by atoms with Crippen molar-refractivity contribution in [1.29, 1.82) is 0 Å². The first-order valence-electron chi connectivity index (χ1n) is 7.81. The molecule has 1 fully saturated rings. The summed E-state index contributed by atoms with van der Waals surface area (Å²) >= 11 is 0. The third-order valence-corrected chi connectivity index (χ3v) is 4.35. The number of aryl methyl sites for hydroxylation is 1. The van der Waals surface area contributed by atoms with Crippen molar-refractivity contribution in [1.82, 2.24) is 0 Å². The first-order chi connectivity index (χ1) is 10.9. The lowest BCUT2D eigenvalue weighted by Gasteiger charge is -2.39. The van der Waals surface area contributed by atoms with Gasteiger partial charge in [0, 0.05) is 38.6 Å². The van der Waals surface area contributed by atoms with E-state index in [-0.39, 0.29) is 5.92 Å². The van der Waals surface area contributed by atoms with Gasteiger partial charge in [0.15, 0.2) is 0 Å². The van der Waals surface area contributed by atoms with Crippen molar-refractivity contribution in [3.05, 3.63) is 48.0 Å². The summed E-state index contributed by atoms with van der Waals surface area (Å²) in [5.41, 5.74) is 5.80. The molecule has 0 amide bonds. The number of benzene rings is 2. The van der Waals surface area contributed by atoms with Crippen LogP contribution >= 0.6 is 0 Å². The minimum Gasteiger partial charge on any atom is -0.481 e. The van der Waals surface area contributed by atoms with Gasteiger partial charge in [-0.25, -0.2) is 0 Å². The van der Waals surface area contributed by atoms with Crippen LogP contribution in [0.5, 0.6) is 0 Å². The van der Waals surface area contributed by atoms with Crippen LogP contribution < -0.4 is 9.80 Å². The van der Waals surface area contributed by atoms with Gasteiger partial charge in [-0.3, -0.25) is 4.79 Å². The molecule has 0 radical (unpaired) electrons. The molecule has 3 rings (SSSR count). The van der Waals surface area contributed by atoms with Crippen molar-refractivity contribution in [2.45, 2.75) is 6.92 Å². The molecule has 2 aromatic rings. The molecular formula is C19H22N2O2. The smallest absolute Gasteiger partial charge is 0.310 e. The molecule has 1 aliphatic heterocycles. The summed E-state index contributed by atoms with van der Waals surface area (Å²) in [6.45, 7) is 3.27. The Morgan fingerprint density at radius 3 is 2.52 bits per heavy atom. The molecule has 23 heavy (non-hydrogen) atoms. The quantitative estimate of drug-likeness (QED) is 0.941. The molecule has 0 atom stereocenters. The number of carboxylic acids is 1. The van der Waals surface area contributed by atoms with Gasteiger partial charge < -0.3 is 14.9 Å². The summed E-state index contributed by atoms with van der Waals surface area (Å²) in [6, 6.07) is 14.9. The van der Waals surface area contributed by atoms with Gasteiger partial charge in [0.25, 0.3) is 0 Å². The Morgan fingerprint density at radius 1 is 1.13 bits per heavy atom. The Labute approximate surface area is 137 Å². The summed E-state index contributed by atoms with van der Waals surface area (Å²) in [5.74, 6) is -0.941. The molecule has 4 heteroatoms. The summed E-state index contributed by atoms with van der Waals surface area (Å²) < 4.78 is 0. The van der Waals surface area contributed by atoms with E-state index in [0.29, 0.717) is 13.1 Å². The molecule has 0 spiro atoms. The highest BCUT2D eigenvalue weighted by Gasteiger charge is 2.32. The number of nitrogens with zero attached hydrogens (tertiary/aromatic N) is 2. The van der Waals surface area contributed by atoms with E-state index in [1.165, 1.54) is 22.4 Å². The van der Waals surface area contributed by atoms with E-state index in [0.717, 1.165) is 5.69 Å². The van der Waals surface area contributed by atoms with Crippen LogP contribution in [0, 0.1) is 12.8 Å². The lowest BCUT2D eigenvalue weighted by molar-refractivity contribution is -0.142. The zero-order valence-corrected chi connectivity index (χ0v) is 13.8. The Bertz CT molecular complexity index is 734. The van der Waals surface area contributed by atoms with Crippen molar-refractivity contribution in [3.8, 4) is 11.1 Å². The van der Waals surface area contributed by atoms with E-state index in [4.69, 9.17) is 5.11 Å². The lowest BCUT2D eigenvalue weighted by Crippen LogP contribution is -2.50. The van der Waals surface area contributed by atoms with E-state index in [2.05, 4.69) is 59.2 Å². The summed E-state index contributed by atoms with van der Waals surface area (Å²) in [5, 5.41) is 9.04. The number of hydrogen-bond acceptors (Lipinski definition) is 3. The monoisotopic (exact) mass is 310 g/mol. The molecule has 0 aliphatic carbocycles. The molecule has 0 saturated carbocycles. The zero-order valence-electron chi connectivity index (χ0n) is 13.8. The fourth-order valence-corrected chi connectivity index (χ4v) is 2.92. The molecular weight excluding hydrogens is 288 g/mol. The molecule has 0 unspecified atom stereocenters. The highest BCUT2D eigenvalue weighted by molar-refractivity contribution is 5.77. The second-order valence-electron chi connectivity index (χ2n) is 6.44. The van der Waals surface area contributed by atoms with Gasteiger partial charge >= 0.3 is 5.97 Å². The number of carbonyl (C=O) groups is 1. The molecule has 1 saturated heterocycles. The standard InChI is InChI=1S/C19H22N2O2/c1-13-7-15(14-5-4-6-17(9-14)20(2)3)10-18(8-13)21-11-16(12-21)19(22)23/h4-10,16H,11-12H2,1-3H3,(H,22,23). The average Bonchev–Trinajstić information content (AvgIpc) is 2.45. The maximum atomic E-state index is 11.0. The number of aliphatic carboxylic acids is 1. The van der Waals surface area contributed by atoms with Crippen LogP contribution in [-0.2, 0) is 4.79 Å². The third kappa shape index (κ3) is 3.16. The molecule has 120 valence electrons. The van der Waals surface area contributed by atoms with Crippen LogP contribution in [0.3, 0.4) is 0 Å². The van der Waals surface area contributed by atoms with Gasteiger partial charge in [0.1, 0.15) is 0 Å². The zero-order chi connectivity index (χ0) is 16.6. The fraction of sp³-hybridized carbons (Fsp3) is 0.316. The van der Waals surface area contributed by atoms with Crippen LogP contribution in [-0.4, -0.2) is 38.3 Å². The molecule has 1 heterocycles. The van der Waals surface area contributed by atoms with Crippen molar-refractivity contribution >= 4 is 17.3 Å². The Morgan fingerprint density at radius 2 is 1.87 bits per heavy atom. The fourth-order valence-electron chi connectivity index (χ4n) is 2.92. The van der Waals surface area contributed by atoms with Gasteiger partial charge in [0.2, 0.25) is 0 Å². The first kappa shape index (κ1) is 15.4. The predicted molar refractivity (Wildman–Crippen MR) is 94.3 cm³/mol. The van der Waals surface area contributed by atoms with Gasteiger partial charge in [-0.05, 0) is 47.9 Å². The molecule has 2 aromatic carbocycles. The summed E-state index contributed by atoms with van der Waals surface area (Å²) in [7, 11) is 4.07. The molecule has 1 aliphatic rings. The molecule has 4 nitrogen and oxygen atoms in total. The van der Waals surface area contributed by atoms with Crippen LogP contribution in [0.1, 0.15) is 5.56 Å². The largest absolute Gasteiger partial charge is 0.481 e. The topological polar surface area (TPSA) is 43.8 Å². The van der Waals surface area contributed by atoms with E-state index in [1.54, 1.807) is 0 Å². The van der Waals surface area contributed by atoms with Crippen molar-refractivity contribution in [2.24, 2.45) is 5.92 Å². The first-order valence-corrected chi connectivity index (χ1v) is 7.81. The van der Waals surface area contributed by atoms with Crippen LogP contribution in [0.2, 0.25) is 0 Å². The number of anilines is 2. The number of hydrogen-bond donors (Lipinski definition) is 1. The SMILES string of the molecule is Cc1cc(-c2cccc(N(C)C)c2)cc(N2CC(C(=O)O)C2)c1. The minimum absolute atomic E-state index is 0.240. The van der Waals surface area contributed by atoms with Crippen LogP contribution in [0.25, 0.3) is 11.1 Å². The predicted octanol–water partition coefficient (Wildman–Crippen LogP) is 3.25. The van der Waals surface area contributed by atoms with Gasteiger partial charge in [-0.2, -0.15) is 0 Å². The van der Waals surface area contributed by atoms with Crippen molar-refractivity contribution in [2.75, 3.05) is 37.0 Å². The van der Waals surface area contributed by atoms with E-state index in [9.17, 15) is 4.79 Å². The Kier molecular flexibility index (Phi) is 3.99. The van der Waals surface area contributed by atoms with Crippen molar-refractivity contribution < 1.29 is 9.90 Å².